The molecule has 0 aromatic carbocycles. The SMILES string of the molecule is C=CC(=O)CCCCCOCC(COCCCCNC(=O)C=C)(COCCCCNC(=O)C=C)NC(=O)C=C.C=CC(=O)CCCCOCCCC(CCCOCCCNC(=O)C=C)(CCCOCCCNC(=O)C=C)NC(=O)C=C. The first kappa shape index (κ1) is 76.9. The predicted octanol–water partition coefficient (Wildman–Crippen LogP) is 6.29. The number of amides is 6. The van der Waals surface area contributed by atoms with Gasteiger partial charge in [-0.1, -0.05) is 59.1 Å². The van der Waals surface area contributed by atoms with E-state index in [1.807, 2.05) is 0 Å². The van der Waals surface area contributed by atoms with Crippen LogP contribution in [-0.4, -0.2) is 164 Å². The number of carbonyl (C=O) groups excluding carboxylic acids is 8. The lowest BCUT2D eigenvalue weighted by Gasteiger charge is -2.35. The molecule has 20 nitrogen and oxygen atoms in total. The molecule has 0 bridgehead atoms. The van der Waals surface area contributed by atoms with Crippen molar-refractivity contribution in [1.82, 2.24) is 31.9 Å². The Balaban J connectivity index is 0. The largest absolute Gasteiger partial charge is 0.381 e. The molecule has 458 valence electrons. The van der Waals surface area contributed by atoms with Crippen LogP contribution in [0.25, 0.3) is 0 Å². The highest BCUT2D eigenvalue weighted by Crippen LogP contribution is 2.26. The van der Waals surface area contributed by atoms with Gasteiger partial charge in [-0.3, -0.25) is 38.4 Å². The van der Waals surface area contributed by atoms with E-state index < -0.39 is 11.1 Å². The minimum Gasteiger partial charge on any atom is -0.381 e. The summed E-state index contributed by atoms with van der Waals surface area (Å²) in [5.41, 5.74) is -1.40. The number of rotatable bonds is 57. The maximum Gasteiger partial charge on any atom is 0.244 e. The van der Waals surface area contributed by atoms with Gasteiger partial charge < -0.3 is 60.3 Å². The summed E-state index contributed by atoms with van der Waals surface area (Å²) in [5, 5.41) is 17.0. The van der Waals surface area contributed by atoms with E-state index in [4.69, 9.17) is 28.4 Å². The van der Waals surface area contributed by atoms with E-state index in [0.29, 0.717) is 124 Å². The van der Waals surface area contributed by atoms with Crippen molar-refractivity contribution in [3.05, 3.63) is 101 Å². The van der Waals surface area contributed by atoms with Gasteiger partial charge in [-0.25, -0.2) is 0 Å². The molecule has 0 unspecified atom stereocenters. The minimum absolute atomic E-state index is 0.0301. The number of hydrogen-bond acceptors (Lipinski definition) is 14. The van der Waals surface area contributed by atoms with E-state index in [0.717, 1.165) is 83.5 Å². The molecule has 0 saturated carbocycles. The van der Waals surface area contributed by atoms with Gasteiger partial charge in [0.1, 0.15) is 5.54 Å². The van der Waals surface area contributed by atoms with E-state index in [1.165, 1.54) is 48.6 Å². The Bertz CT molecular complexity index is 1700. The Morgan fingerprint density at radius 2 is 0.556 bits per heavy atom. The molecular weight excluding hydrogens is 1040 g/mol. The Kier molecular flexibility index (Phi) is 51.7. The zero-order valence-corrected chi connectivity index (χ0v) is 48.7. The second kappa shape index (κ2) is 54.4. The van der Waals surface area contributed by atoms with Crippen LogP contribution in [0, 0.1) is 0 Å². The summed E-state index contributed by atoms with van der Waals surface area (Å²) < 4.78 is 35.0. The van der Waals surface area contributed by atoms with Gasteiger partial charge in [0.05, 0.1) is 19.8 Å². The highest BCUT2D eigenvalue weighted by molar-refractivity contribution is 5.90. The summed E-state index contributed by atoms with van der Waals surface area (Å²) in [5.74, 6) is -1.35. The average molecular weight is 1140 g/mol. The van der Waals surface area contributed by atoms with Gasteiger partial charge in [-0.15, -0.1) is 0 Å². The minimum atomic E-state index is -0.932. The van der Waals surface area contributed by atoms with Crippen LogP contribution < -0.4 is 31.9 Å². The van der Waals surface area contributed by atoms with E-state index in [9.17, 15) is 38.4 Å². The number of allylic oxidation sites excluding steroid dienone is 2. The third-order valence-electron chi connectivity index (χ3n) is 12.0. The summed E-state index contributed by atoms with van der Waals surface area (Å²) in [6, 6.07) is 0. The number of unbranched alkanes of at least 4 members (excludes halogenated alkanes) is 5. The fourth-order valence-electron chi connectivity index (χ4n) is 7.60. The molecular formula is C61H100N6O14. The maximum atomic E-state index is 12.4. The van der Waals surface area contributed by atoms with E-state index >= 15 is 0 Å². The molecule has 0 heterocycles. The molecule has 0 saturated heterocycles. The normalized spacial score (nSPS) is 10.8. The predicted molar refractivity (Wildman–Crippen MR) is 318 cm³/mol. The number of hydrogen-bond donors (Lipinski definition) is 6. The monoisotopic (exact) mass is 1140 g/mol. The Morgan fingerprint density at radius 1 is 0.284 bits per heavy atom. The lowest BCUT2D eigenvalue weighted by atomic mass is 9.83. The van der Waals surface area contributed by atoms with Gasteiger partial charge in [-0.2, -0.15) is 0 Å². The van der Waals surface area contributed by atoms with E-state index in [-0.39, 0.29) is 66.8 Å². The summed E-state index contributed by atoms with van der Waals surface area (Å²) in [4.78, 5) is 92.4. The molecule has 0 aromatic rings. The molecule has 0 aliphatic rings. The molecule has 6 N–H and O–H groups in total. The van der Waals surface area contributed by atoms with E-state index in [1.54, 1.807) is 0 Å². The molecule has 0 aromatic heterocycles. The summed E-state index contributed by atoms with van der Waals surface area (Å²) >= 11 is 0. The van der Waals surface area contributed by atoms with Crippen molar-refractivity contribution in [2.75, 3.05) is 105 Å². The summed E-state index contributed by atoms with van der Waals surface area (Å²) in [6.07, 6.45) is 23.7. The molecule has 0 fully saturated rings. The van der Waals surface area contributed by atoms with Crippen molar-refractivity contribution in [2.24, 2.45) is 0 Å². The van der Waals surface area contributed by atoms with Gasteiger partial charge in [0.2, 0.25) is 35.4 Å². The van der Waals surface area contributed by atoms with Crippen molar-refractivity contribution < 1.29 is 66.8 Å². The van der Waals surface area contributed by atoms with Crippen molar-refractivity contribution >= 4 is 47.0 Å². The zero-order chi connectivity index (χ0) is 60.5. The first-order valence-corrected chi connectivity index (χ1v) is 28.4. The average Bonchev–Trinajstić information content (AvgIpc) is 3.49. The van der Waals surface area contributed by atoms with Gasteiger partial charge in [0.25, 0.3) is 0 Å². The molecule has 0 rings (SSSR count). The summed E-state index contributed by atoms with van der Waals surface area (Å²) in [7, 11) is 0. The van der Waals surface area contributed by atoms with Crippen LogP contribution in [0.3, 0.4) is 0 Å². The van der Waals surface area contributed by atoms with Crippen molar-refractivity contribution in [3.8, 4) is 0 Å². The zero-order valence-electron chi connectivity index (χ0n) is 48.7. The van der Waals surface area contributed by atoms with Crippen LogP contribution in [0.5, 0.6) is 0 Å². The molecule has 0 atom stereocenters. The maximum absolute atomic E-state index is 12.4. The fourth-order valence-corrected chi connectivity index (χ4v) is 7.60. The van der Waals surface area contributed by atoms with Crippen LogP contribution in [0.4, 0.5) is 0 Å². The van der Waals surface area contributed by atoms with Crippen LogP contribution in [0.2, 0.25) is 0 Å². The molecule has 20 heteroatoms. The van der Waals surface area contributed by atoms with Gasteiger partial charge >= 0.3 is 0 Å². The molecule has 0 radical (unpaired) electrons. The number of carbonyl (C=O) groups is 8. The third kappa shape index (κ3) is 48.3. The topological polar surface area (TPSA) is 264 Å². The Hall–Kier alpha value is -6.16. The molecule has 0 aliphatic carbocycles. The molecule has 81 heavy (non-hydrogen) atoms. The molecule has 0 aliphatic heterocycles. The van der Waals surface area contributed by atoms with Gasteiger partial charge in [-0.05, 0) is 151 Å². The van der Waals surface area contributed by atoms with Gasteiger partial charge in [0, 0.05) is 104 Å². The quantitative estimate of drug-likeness (QED) is 0.0289. The smallest absolute Gasteiger partial charge is 0.244 e. The first-order valence-electron chi connectivity index (χ1n) is 28.4. The lowest BCUT2D eigenvalue weighted by molar-refractivity contribution is -0.123. The Labute approximate surface area is 483 Å². The van der Waals surface area contributed by atoms with Crippen molar-refractivity contribution in [2.45, 2.75) is 133 Å². The highest BCUT2D eigenvalue weighted by Gasteiger charge is 2.33. The van der Waals surface area contributed by atoms with E-state index in [2.05, 4.69) is 84.5 Å². The Morgan fingerprint density at radius 3 is 0.901 bits per heavy atom. The van der Waals surface area contributed by atoms with Crippen LogP contribution in [0.1, 0.15) is 122 Å². The van der Waals surface area contributed by atoms with Crippen molar-refractivity contribution in [1.29, 1.82) is 0 Å². The third-order valence-corrected chi connectivity index (χ3v) is 12.0. The highest BCUT2D eigenvalue weighted by atomic mass is 16.5. The lowest BCUT2D eigenvalue weighted by Crippen LogP contribution is -2.58. The van der Waals surface area contributed by atoms with Crippen molar-refractivity contribution in [3.63, 3.8) is 0 Å². The molecule has 6 amide bonds. The number of nitrogens with one attached hydrogen (secondary N) is 6. The van der Waals surface area contributed by atoms with Crippen LogP contribution in [0.15, 0.2) is 101 Å². The second-order valence-electron chi connectivity index (χ2n) is 19.0. The number of ketones is 2. The second-order valence-corrected chi connectivity index (χ2v) is 19.0. The summed E-state index contributed by atoms with van der Waals surface area (Å²) in [6.45, 7) is 35.0. The van der Waals surface area contributed by atoms with Crippen LogP contribution >= 0.6 is 0 Å². The first-order chi connectivity index (χ1) is 39.1. The van der Waals surface area contributed by atoms with Crippen LogP contribution in [-0.2, 0) is 66.8 Å². The number of ether oxygens (including phenoxy) is 6. The van der Waals surface area contributed by atoms with Gasteiger partial charge in [0.15, 0.2) is 11.6 Å². The molecule has 0 spiro atoms. The fraction of sp³-hybridized carbons (Fsp3) is 0.607. The standard InChI is InChI=1S/C32H53N3O7.C29H47N3O7/c1-5-28(36)16-9-10-22-40-23-11-17-32(35-31(39)8-4,18-12-24-41-26-14-20-33-29(37)6-2)19-13-25-42-27-15-21-34-30(38)7-3;1-5-25(33)16-10-9-13-19-37-22-29(32-28(36)8-4,23-38-20-14-11-17-30-26(34)6-2)24-39-21-15-12-18-31-27(35)7-3/h5-8H,1-4,9-27H2,(H,33,37)(H,34,38)(H,35,39);5-8H,1-4,9-24H2,(H,30,34)(H,31,35)(H,32,36).